The van der Waals surface area contributed by atoms with Gasteiger partial charge in [-0.3, -0.25) is 10.1 Å². The van der Waals surface area contributed by atoms with Crippen LogP contribution < -0.4 is 5.32 Å². The summed E-state index contributed by atoms with van der Waals surface area (Å²) in [6.07, 6.45) is 2.60. The van der Waals surface area contributed by atoms with E-state index in [1.807, 2.05) is 0 Å². The largest absolute Gasteiger partial charge is 0.459 e. The lowest BCUT2D eigenvalue weighted by Gasteiger charge is -1.98. The minimum Gasteiger partial charge on any atom is -0.459 e. The van der Waals surface area contributed by atoms with E-state index < -0.39 is 9.84 Å². The lowest BCUT2D eigenvalue weighted by Crippen LogP contribution is -2.11. The maximum absolute atomic E-state index is 12.1. The molecule has 0 saturated heterocycles. The molecule has 114 valence electrons. The van der Waals surface area contributed by atoms with Gasteiger partial charge in [-0.2, -0.15) is 0 Å². The van der Waals surface area contributed by atoms with Crippen molar-refractivity contribution in [3.63, 3.8) is 0 Å². The van der Waals surface area contributed by atoms with Crippen LogP contribution in [0.1, 0.15) is 16.1 Å². The van der Waals surface area contributed by atoms with Crippen molar-refractivity contribution < 1.29 is 17.6 Å². The number of furan rings is 1. The van der Waals surface area contributed by atoms with E-state index in [0.717, 1.165) is 11.8 Å². The van der Waals surface area contributed by atoms with Crippen LogP contribution in [-0.4, -0.2) is 25.6 Å². The zero-order valence-corrected chi connectivity index (χ0v) is 13.4. The zero-order valence-electron chi connectivity index (χ0n) is 11.8. The fourth-order valence-corrected chi connectivity index (χ4v) is 3.57. The molecule has 0 bridgehead atoms. The number of thiazole rings is 1. The second-order valence-corrected chi connectivity index (χ2v) is 7.85. The number of carbonyl (C=O) groups excluding carboxylic acids is 1. The Morgan fingerprint density at radius 1 is 1.32 bits per heavy atom. The minimum atomic E-state index is -3.27. The van der Waals surface area contributed by atoms with Crippen LogP contribution in [-0.2, 0) is 9.84 Å². The van der Waals surface area contributed by atoms with E-state index in [1.54, 1.807) is 25.1 Å². The van der Waals surface area contributed by atoms with Gasteiger partial charge in [0.05, 0.1) is 21.4 Å². The molecule has 0 spiro atoms. The maximum atomic E-state index is 12.1. The third kappa shape index (κ3) is 2.75. The van der Waals surface area contributed by atoms with Gasteiger partial charge in [0.25, 0.3) is 5.91 Å². The lowest BCUT2D eigenvalue weighted by molar-refractivity contribution is 0.0996. The molecule has 0 atom stereocenters. The predicted molar refractivity (Wildman–Crippen MR) is 84.1 cm³/mol. The Morgan fingerprint density at radius 3 is 2.73 bits per heavy atom. The fourth-order valence-electron chi connectivity index (χ4n) is 1.95. The summed E-state index contributed by atoms with van der Waals surface area (Å²) in [6.45, 7) is 1.77. The first-order valence-electron chi connectivity index (χ1n) is 6.31. The number of nitrogens with one attached hydrogen (secondary N) is 1. The van der Waals surface area contributed by atoms with Crippen LogP contribution in [0.2, 0.25) is 0 Å². The highest BCUT2D eigenvalue weighted by molar-refractivity contribution is 7.90. The molecule has 2 aromatic heterocycles. The van der Waals surface area contributed by atoms with Gasteiger partial charge in [-0.15, -0.1) is 0 Å². The molecule has 1 aromatic carbocycles. The standard InChI is InChI=1S/C14H12N2O4S2/c1-8-5-6-20-12(8)13(17)16-14-15-10-4-3-9(22(2,18)19)7-11(10)21-14/h3-7H,1-2H3,(H,15,16,17). The average molecular weight is 336 g/mol. The monoisotopic (exact) mass is 336 g/mol. The molecule has 22 heavy (non-hydrogen) atoms. The molecule has 1 N–H and O–H groups in total. The van der Waals surface area contributed by atoms with Crippen LogP contribution >= 0.6 is 11.3 Å². The van der Waals surface area contributed by atoms with Crippen molar-refractivity contribution in [2.45, 2.75) is 11.8 Å². The number of rotatable bonds is 3. The summed E-state index contributed by atoms with van der Waals surface area (Å²) in [4.78, 5) is 16.6. The maximum Gasteiger partial charge on any atom is 0.293 e. The zero-order chi connectivity index (χ0) is 15.9. The molecule has 3 rings (SSSR count). The van der Waals surface area contributed by atoms with E-state index in [2.05, 4.69) is 10.3 Å². The van der Waals surface area contributed by atoms with Crippen molar-refractivity contribution in [1.29, 1.82) is 0 Å². The van der Waals surface area contributed by atoms with Crippen LogP contribution in [0.4, 0.5) is 5.13 Å². The molecule has 0 aliphatic heterocycles. The molecule has 0 saturated carbocycles. The second-order valence-electron chi connectivity index (χ2n) is 4.81. The van der Waals surface area contributed by atoms with E-state index in [9.17, 15) is 13.2 Å². The van der Waals surface area contributed by atoms with E-state index in [4.69, 9.17) is 4.42 Å². The summed E-state index contributed by atoms with van der Waals surface area (Å²) in [7, 11) is -3.27. The number of aromatic nitrogens is 1. The summed E-state index contributed by atoms with van der Waals surface area (Å²) in [5.41, 5.74) is 1.36. The Labute approximate surface area is 130 Å². The Hall–Kier alpha value is -2.19. The highest BCUT2D eigenvalue weighted by Crippen LogP contribution is 2.28. The molecular formula is C14H12N2O4S2. The molecule has 0 aliphatic rings. The molecule has 3 aromatic rings. The van der Waals surface area contributed by atoms with Crippen molar-refractivity contribution in [3.8, 4) is 0 Å². The van der Waals surface area contributed by atoms with E-state index in [0.29, 0.717) is 15.3 Å². The van der Waals surface area contributed by atoms with E-state index in [-0.39, 0.29) is 16.6 Å². The summed E-state index contributed by atoms with van der Waals surface area (Å²) in [6, 6.07) is 6.37. The number of anilines is 1. The first-order valence-corrected chi connectivity index (χ1v) is 9.01. The van der Waals surface area contributed by atoms with Crippen molar-refractivity contribution in [2.24, 2.45) is 0 Å². The summed E-state index contributed by atoms with van der Waals surface area (Å²) in [5.74, 6) is -0.152. The Bertz CT molecular complexity index is 970. The molecule has 1 amide bonds. The number of carbonyl (C=O) groups is 1. The van der Waals surface area contributed by atoms with Crippen LogP contribution in [0.3, 0.4) is 0 Å². The third-order valence-electron chi connectivity index (χ3n) is 3.08. The minimum absolute atomic E-state index is 0.225. The Balaban J connectivity index is 1.93. The van der Waals surface area contributed by atoms with Gasteiger partial charge >= 0.3 is 0 Å². The van der Waals surface area contributed by atoms with Crippen LogP contribution in [0.25, 0.3) is 10.2 Å². The summed E-state index contributed by atoms with van der Waals surface area (Å²) >= 11 is 1.21. The van der Waals surface area contributed by atoms with Gasteiger partial charge in [0.2, 0.25) is 0 Å². The average Bonchev–Trinajstić information content (AvgIpc) is 3.01. The molecule has 0 aliphatic carbocycles. The van der Waals surface area contributed by atoms with Crippen molar-refractivity contribution in [3.05, 3.63) is 41.9 Å². The lowest BCUT2D eigenvalue weighted by atomic mass is 10.3. The number of nitrogens with zero attached hydrogens (tertiary/aromatic N) is 1. The first-order chi connectivity index (χ1) is 10.3. The molecule has 0 unspecified atom stereocenters. The van der Waals surface area contributed by atoms with E-state index >= 15 is 0 Å². The first kappa shape index (κ1) is 14.7. The number of hydrogen-bond acceptors (Lipinski definition) is 6. The van der Waals surface area contributed by atoms with Gasteiger partial charge in [0.1, 0.15) is 0 Å². The predicted octanol–water partition coefficient (Wildman–Crippen LogP) is 2.85. The molecule has 2 heterocycles. The normalized spacial score (nSPS) is 11.7. The van der Waals surface area contributed by atoms with E-state index in [1.165, 1.54) is 23.7 Å². The van der Waals surface area contributed by atoms with Crippen molar-refractivity contribution in [2.75, 3.05) is 11.6 Å². The van der Waals surface area contributed by atoms with Gasteiger partial charge in [-0.25, -0.2) is 13.4 Å². The number of sulfone groups is 1. The number of fused-ring (bicyclic) bond motifs is 1. The Morgan fingerprint density at radius 2 is 2.09 bits per heavy atom. The summed E-state index contributed by atoms with van der Waals surface area (Å²) < 4.78 is 28.9. The quantitative estimate of drug-likeness (QED) is 0.794. The molecule has 0 fully saturated rings. The third-order valence-corrected chi connectivity index (χ3v) is 5.12. The number of aryl methyl sites for hydroxylation is 1. The van der Waals surface area contributed by atoms with Gasteiger partial charge < -0.3 is 4.42 Å². The number of benzene rings is 1. The Kier molecular flexibility index (Phi) is 3.50. The molecule has 6 nitrogen and oxygen atoms in total. The highest BCUT2D eigenvalue weighted by Gasteiger charge is 2.16. The molecular weight excluding hydrogens is 324 g/mol. The van der Waals surface area contributed by atoms with Gasteiger partial charge in [0, 0.05) is 11.8 Å². The molecule has 0 radical (unpaired) electrons. The van der Waals surface area contributed by atoms with Crippen LogP contribution in [0.5, 0.6) is 0 Å². The number of amides is 1. The number of hydrogen-bond donors (Lipinski definition) is 1. The molecule has 8 heteroatoms. The van der Waals surface area contributed by atoms with Crippen LogP contribution in [0.15, 0.2) is 39.8 Å². The highest BCUT2D eigenvalue weighted by atomic mass is 32.2. The topological polar surface area (TPSA) is 89.3 Å². The van der Waals surface area contributed by atoms with Gasteiger partial charge in [0.15, 0.2) is 20.7 Å². The summed E-state index contributed by atoms with van der Waals surface area (Å²) in [5, 5.41) is 3.05. The smallest absolute Gasteiger partial charge is 0.293 e. The van der Waals surface area contributed by atoms with Gasteiger partial charge in [-0.1, -0.05) is 11.3 Å². The van der Waals surface area contributed by atoms with Gasteiger partial charge in [-0.05, 0) is 31.2 Å². The SMILES string of the molecule is Cc1ccoc1C(=O)Nc1nc2ccc(S(C)(=O)=O)cc2s1. The van der Waals surface area contributed by atoms with Crippen LogP contribution in [0, 0.1) is 6.92 Å². The van der Waals surface area contributed by atoms with Crippen molar-refractivity contribution in [1.82, 2.24) is 4.98 Å². The van der Waals surface area contributed by atoms with Crippen molar-refractivity contribution >= 4 is 42.4 Å². The second kappa shape index (κ2) is 5.22. The fraction of sp³-hybridized carbons (Fsp3) is 0.143.